The maximum absolute atomic E-state index is 13.1. The number of esters is 2. The van der Waals surface area contributed by atoms with Crippen LogP contribution in [-0.2, 0) is 30.8 Å². The van der Waals surface area contributed by atoms with Crippen LogP contribution in [-0.4, -0.2) is 61.4 Å². The molecule has 1 saturated heterocycles. The molecule has 1 amide bonds. The van der Waals surface area contributed by atoms with Gasteiger partial charge >= 0.3 is 11.9 Å². The van der Waals surface area contributed by atoms with E-state index < -0.39 is 27.9 Å². The average Bonchev–Trinajstić information content (AvgIpc) is 3.24. The van der Waals surface area contributed by atoms with Crippen LogP contribution in [0.3, 0.4) is 0 Å². The summed E-state index contributed by atoms with van der Waals surface area (Å²) < 4.78 is 39.7. The third-order valence-corrected chi connectivity index (χ3v) is 9.42. The van der Waals surface area contributed by atoms with Gasteiger partial charge < -0.3 is 14.0 Å². The third kappa shape index (κ3) is 5.71. The van der Waals surface area contributed by atoms with E-state index in [9.17, 15) is 22.8 Å². The SMILES string of the molecule is CCOC(=O)c1ccc2c(c1)sc(=NC(=O)c1ccc(S(=O)(=O)N3CCCCC3C)cc1)n2CC(=O)OC. The molecule has 3 aromatic rings. The molecular formula is C26H29N3O7S2. The lowest BCUT2D eigenvalue weighted by Crippen LogP contribution is -2.41. The van der Waals surface area contributed by atoms with E-state index in [1.54, 1.807) is 25.1 Å². The molecule has 2 heterocycles. The Labute approximate surface area is 224 Å². The van der Waals surface area contributed by atoms with Gasteiger partial charge in [-0.15, -0.1) is 0 Å². The number of sulfonamides is 1. The van der Waals surface area contributed by atoms with Crippen molar-refractivity contribution in [2.24, 2.45) is 4.99 Å². The second kappa shape index (κ2) is 11.6. The standard InChI is InChI=1S/C26H29N3O7S2/c1-4-36-25(32)19-10-13-21-22(15-19)37-26(28(21)16-23(30)35-3)27-24(31)18-8-11-20(12-9-18)38(33,34)29-14-6-5-7-17(29)2/h8-13,15,17H,4-7,14,16H2,1-3H3. The summed E-state index contributed by atoms with van der Waals surface area (Å²) in [5.74, 6) is -1.61. The van der Waals surface area contributed by atoms with Gasteiger partial charge in [0, 0.05) is 18.2 Å². The largest absolute Gasteiger partial charge is 0.468 e. The molecule has 0 N–H and O–H groups in total. The van der Waals surface area contributed by atoms with Gasteiger partial charge in [0.05, 0.1) is 34.4 Å². The number of fused-ring (bicyclic) bond motifs is 1. The number of hydrogen-bond acceptors (Lipinski definition) is 8. The van der Waals surface area contributed by atoms with E-state index in [-0.39, 0.29) is 34.5 Å². The van der Waals surface area contributed by atoms with E-state index in [0.29, 0.717) is 22.3 Å². The van der Waals surface area contributed by atoms with Crippen molar-refractivity contribution in [3.05, 3.63) is 58.4 Å². The number of nitrogens with zero attached hydrogens (tertiary/aromatic N) is 3. The van der Waals surface area contributed by atoms with Crippen LogP contribution in [0.1, 0.15) is 53.8 Å². The minimum Gasteiger partial charge on any atom is -0.468 e. The van der Waals surface area contributed by atoms with Crippen LogP contribution in [0.15, 0.2) is 52.4 Å². The fourth-order valence-corrected chi connectivity index (χ4v) is 7.10. The first kappa shape index (κ1) is 27.7. The minimum absolute atomic E-state index is 0.0763. The summed E-state index contributed by atoms with van der Waals surface area (Å²) in [6.45, 7) is 4.13. The molecule has 1 fully saturated rings. The Bertz CT molecular complexity index is 1540. The Hall–Kier alpha value is -3.35. The summed E-state index contributed by atoms with van der Waals surface area (Å²) in [5, 5.41) is 0. The van der Waals surface area contributed by atoms with Crippen molar-refractivity contribution in [3.63, 3.8) is 0 Å². The number of benzene rings is 2. The summed E-state index contributed by atoms with van der Waals surface area (Å²) in [7, 11) is -2.41. The van der Waals surface area contributed by atoms with E-state index in [0.717, 1.165) is 30.6 Å². The molecule has 1 atom stereocenters. The third-order valence-electron chi connectivity index (χ3n) is 6.36. The van der Waals surface area contributed by atoms with E-state index in [2.05, 4.69) is 4.99 Å². The van der Waals surface area contributed by atoms with E-state index in [4.69, 9.17) is 9.47 Å². The lowest BCUT2D eigenvalue weighted by atomic mass is 10.1. The molecule has 1 aromatic heterocycles. The highest BCUT2D eigenvalue weighted by atomic mass is 32.2. The van der Waals surface area contributed by atoms with Gasteiger partial charge in [-0.05, 0) is 69.2 Å². The van der Waals surface area contributed by atoms with Crippen molar-refractivity contribution in [2.75, 3.05) is 20.3 Å². The second-order valence-corrected chi connectivity index (χ2v) is 11.8. The summed E-state index contributed by atoms with van der Waals surface area (Å²) in [6.07, 6.45) is 2.64. The van der Waals surface area contributed by atoms with Crippen molar-refractivity contribution >= 4 is 49.4 Å². The molecule has 1 unspecified atom stereocenters. The molecule has 202 valence electrons. The van der Waals surface area contributed by atoms with Gasteiger partial charge in [-0.25, -0.2) is 13.2 Å². The highest BCUT2D eigenvalue weighted by Crippen LogP contribution is 2.25. The van der Waals surface area contributed by atoms with Gasteiger partial charge in [0.15, 0.2) is 4.80 Å². The summed E-state index contributed by atoms with van der Waals surface area (Å²) in [4.78, 5) is 41.9. The van der Waals surface area contributed by atoms with Crippen LogP contribution in [0.4, 0.5) is 0 Å². The Morgan fingerprint density at radius 2 is 1.79 bits per heavy atom. The molecule has 1 aliphatic heterocycles. The molecule has 0 radical (unpaired) electrons. The molecule has 0 bridgehead atoms. The zero-order chi connectivity index (χ0) is 27.4. The Morgan fingerprint density at radius 1 is 1.08 bits per heavy atom. The molecular weight excluding hydrogens is 530 g/mol. The Morgan fingerprint density at radius 3 is 2.45 bits per heavy atom. The zero-order valence-electron chi connectivity index (χ0n) is 21.4. The summed E-state index contributed by atoms with van der Waals surface area (Å²) >= 11 is 1.13. The molecule has 12 heteroatoms. The number of carbonyl (C=O) groups excluding carboxylic acids is 3. The summed E-state index contributed by atoms with van der Waals surface area (Å²) in [5.41, 5.74) is 1.13. The highest BCUT2D eigenvalue weighted by molar-refractivity contribution is 7.89. The van der Waals surface area contributed by atoms with Crippen LogP contribution >= 0.6 is 11.3 Å². The molecule has 4 rings (SSSR count). The van der Waals surface area contributed by atoms with E-state index in [1.165, 1.54) is 40.2 Å². The number of ether oxygens (including phenoxy) is 2. The maximum Gasteiger partial charge on any atom is 0.338 e. The van der Waals surface area contributed by atoms with Gasteiger partial charge in [-0.3, -0.25) is 9.59 Å². The molecule has 0 spiro atoms. The average molecular weight is 560 g/mol. The topological polar surface area (TPSA) is 124 Å². The molecule has 0 aliphatic carbocycles. The number of carbonyl (C=O) groups is 3. The van der Waals surface area contributed by atoms with Crippen LogP contribution in [0.25, 0.3) is 10.2 Å². The Kier molecular flexibility index (Phi) is 8.44. The first-order chi connectivity index (χ1) is 18.1. The van der Waals surface area contributed by atoms with Gasteiger partial charge in [0.25, 0.3) is 5.91 Å². The van der Waals surface area contributed by atoms with Crippen LogP contribution in [0, 0.1) is 0 Å². The van der Waals surface area contributed by atoms with Crippen LogP contribution in [0.2, 0.25) is 0 Å². The van der Waals surface area contributed by atoms with Gasteiger partial charge in [-0.1, -0.05) is 17.8 Å². The lowest BCUT2D eigenvalue weighted by molar-refractivity contribution is -0.141. The van der Waals surface area contributed by atoms with Gasteiger partial charge in [0.1, 0.15) is 6.54 Å². The zero-order valence-corrected chi connectivity index (χ0v) is 23.0. The quantitative estimate of drug-likeness (QED) is 0.407. The fraction of sp³-hybridized carbons (Fsp3) is 0.385. The second-order valence-electron chi connectivity index (χ2n) is 8.85. The number of rotatable bonds is 7. The van der Waals surface area contributed by atoms with Crippen molar-refractivity contribution in [1.29, 1.82) is 0 Å². The summed E-state index contributed by atoms with van der Waals surface area (Å²) in [6, 6.07) is 10.5. The predicted octanol–water partition coefficient (Wildman–Crippen LogP) is 3.36. The van der Waals surface area contributed by atoms with Gasteiger partial charge in [-0.2, -0.15) is 9.30 Å². The van der Waals surface area contributed by atoms with Crippen molar-refractivity contribution in [2.45, 2.75) is 50.6 Å². The number of hydrogen-bond donors (Lipinski definition) is 0. The van der Waals surface area contributed by atoms with Gasteiger partial charge in [0.2, 0.25) is 10.0 Å². The first-order valence-electron chi connectivity index (χ1n) is 12.2. The number of aromatic nitrogens is 1. The normalized spacial score (nSPS) is 16.9. The monoisotopic (exact) mass is 559 g/mol. The van der Waals surface area contributed by atoms with Crippen molar-refractivity contribution in [3.8, 4) is 0 Å². The maximum atomic E-state index is 13.1. The predicted molar refractivity (Wildman–Crippen MR) is 141 cm³/mol. The number of piperidine rings is 1. The Balaban J connectivity index is 1.68. The lowest BCUT2D eigenvalue weighted by Gasteiger charge is -2.32. The minimum atomic E-state index is -3.67. The molecule has 0 saturated carbocycles. The molecule has 1 aliphatic rings. The molecule has 10 nitrogen and oxygen atoms in total. The highest BCUT2D eigenvalue weighted by Gasteiger charge is 2.31. The molecule has 2 aromatic carbocycles. The first-order valence-corrected chi connectivity index (χ1v) is 14.5. The molecule has 38 heavy (non-hydrogen) atoms. The fourth-order valence-electron chi connectivity index (χ4n) is 4.33. The number of methoxy groups -OCH3 is 1. The van der Waals surface area contributed by atoms with E-state index >= 15 is 0 Å². The smallest absolute Gasteiger partial charge is 0.338 e. The van der Waals surface area contributed by atoms with Crippen LogP contribution < -0.4 is 4.80 Å². The number of amides is 1. The van der Waals surface area contributed by atoms with E-state index in [1.807, 2.05) is 6.92 Å². The van der Waals surface area contributed by atoms with Crippen molar-refractivity contribution < 1.29 is 32.3 Å². The van der Waals surface area contributed by atoms with Crippen molar-refractivity contribution in [1.82, 2.24) is 8.87 Å². The van der Waals surface area contributed by atoms with Crippen LogP contribution in [0.5, 0.6) is 0 Å². The number of thiazole rings is 1.